The third-order valence-electron chi connectivity index (χ3n) is 3.78. The molecule has 0 bridgehead atoms. The highest BCUT2D eigenvalue weighted by Crippen LogP contribution is 2.32. The van der Waals surface area contributed by atoms with Crippen LogP contribution in [0.25, 0.3) is 0 Å². The van der Waals surface area contributed by atoms with Gasteiger partial charge in [0.15, 0.2) is 11.5 Å². The van der Waals surface area contributed by atoms with Crippen LogP contribution in [0.5, 0.6) is 11.5 Å². The van der Waals surface area contributed by atoms with Gasteiger partial charge in [0.05, 0.1) is 0 Å². The van der Waals surface area contributed by atoms with E-state index in [1.54, 1.807) is 0 Å². The van der Waals surface area contributed by atoms with Crippen molar-refractivity contribution in [1.82, 2.24) is 5.32 Å². The molecule has 0 spiro atoms. The van der Waals surface area contributed by atoms with E-state index >= 15 is 0 Å². The van der Waals surface area contributed by atoms with Crippen LogP contribution in [-0.4, -0.2) is 19.2 Å². The van der Waals surface area contributed by atoms with Crippen molar-refractivity contribution >= 4 is 18.1 Å². The summed E-state index contributed by atoms with van der Waals surface area (Å²) in [5, 5.41) is 3.34. The lowest BCUT2D eigenvalue weighted by Gasteiger charge is -2.25. The normalized spacial score (nSPS) is 14.8. The molecule has 0 radical (unpaired) electrons. The van der Waals surface area contributed by atoms with Crippen molar-refractivity contribution in [3.8, 4) is 11.5 Å². The quantitative estimate of drug-likeness (QED) is 0.823. The second-order valence-corrected chi connectivity index (χ2v) is 5.55. The van der Waals surface area contributed by atoms with Crippen molar-refractivity contribution in [1.29, 1.82) is 0 Å². The highest BCUT2D eigenvalue weighted by atomic mass is 35.5. The van der Waals surface area contributed by atoms with E-state index in [1.165, 1.54) is 0 Å². The smallest absolute Gasteiger partial charge is 0.163 e. The fourth-order valence-electron chi connectivity index (χ4n) is 2.56. The summed E-state index contributed by atoms with van der Waals surface area (Å²) < 4.78 is 12.0. The second kappa shape index (κ2) is 8.65. The Hall–Kier alpha value is -1.91. The van der Waals surface area contributed by atoms with Crippen molar-refractivity contribution in [2.45, 2.75) is 25.6 Å². The van der Waals surface area contributed by atoms with Gasteiger partial charge in [-0.2, -0.15) is 0 Å². The summed E-state index contributed by atoms with van der Waals surface area (Å²) in [5.41, 5.74) is 7.69. The van der Waals surface area contributed by atoms with E-state index < -0.39 is 0 Å². The summed E-state index contributed by atoms with van der Waals surface area (Å²) in [6, 6.07) is 15.7. The predicted molar refractivity (Wildman–Crippen MR) is 95.4 cm³/mol. The van der Waals surface area contributed by atoms with Gasteiger partial charge in [-0.25, -0.2) is 0 Å². The standard InChI is InChI=1S/C18H22N2O2.ClH/c19-15-6-7-17(22-16-8-10-20-11-9-16)18(12-15)21-13-14-4-2-1-3-5-14;/h1-7,12,16,20H,8-11,13,19H2;1H. The second-order valence-electron chi connectivity index (χ2n) is 5.55. The van der Waals surface area contributed by atoms with Gasteiger partial charge in [-0.1, -0.05) is 30.3 Å². The van der Waals surface area contributed by atoms with Crippen molar-refractivity contribution in [2.75, 3.05) is 18.8 Å². The first-order chi connectivity index (χ1) is 10.8. The van der Waals surface area contributed by atoms with Gasteiger partial charge in [0.1, 0.15) is 12.7 Å². The van der Waals surface area contributed by atoms with Crippen LogP contribution in [0.15, 0.2) is 48.5 Å². The third-order valence-corrected chi connectivity index (χ3v) is 3.78. The molecule has 3 N–H and O–H groups in total. The lowest BCUT2D eigenvalue weighted by atomic mass is 10.1. The number of nitrogen functional groups attached to an aromatic ring is 1. The number of ether oxygens (including phenoxy) is 2. The number of benzene rings is 2. The molecule has 4 nitrogen and oxygen atoms in total. The number of hydrogen-bond donors (Lipinski definition) is 2. The number of anilines is 1. The van der Waals surface area contributed by atoms with Crippen LogP contribution in [-0.2, 0) is 6.61 Å². The largest absolute Gasteiger partial charge is 0.486 e. The fraction of sp³-hybridized carbons (Fsp3) is 0.333. The fourth-order valence-corrected chi connectivity index (χ4v) is 2.56. The minimum absolute atomic E-state index is 0. The zero-order valence-corrected chi connectivity index (χ0v) is 13.9. The van der Waals surface area contributed by atoms with Crippen molar-refractivity contribution < 1.29 is 9.47 Å². The van der Waals surface area contributed by atoms with Crippen molar-refractivity contribution in [2.24, 2.45) is 0 Å². The zero-order chi connectivity index (χ0) is 15.2. The maximum Gasteiger partial charge on any atom is 0.163 e. The molecule has 2 aromatic rings. The predicted octanol–water partition coefficient (Wildman–Crippen LogP) is 3.40. The summed E-state index contributed by atoms with van der Waals surface area (Å²) in [7, 11) is 0. The maximum absolute atomic E-state index is 6.11. The van der Waals surface area contributed by atoms with E-state index in [4.69, 9.17) is 15.2 Å². The van der Waals surface area contributed by atoms with Crippen LogP contribution >= 0.6 is 12.4 Å². The van der Waals surface area contributed by atoms with E-state index in [2.05, 4.69) is 5.32 Å². The molecule has 1 heterocycles. The molecule has 23 heavy (non-hydrogen) atoms. The van der Waals surface area contributed by atoms with Crippen LogP contribution in [0.2, 0.25) is 0 Å². The van der Waals surface area contributed by atoms with Crippen LogP contribution in [0.3, 0.4) is 0 Å². The lowest BCUT2D eigenvalue weighted by molar-refractivity contribution is 0.153. The summed E-state index contributed by atoms with van der Waals surface area (Å²) in [5.74, 6) is 1.49. The van der Waals surface area contributed by atoms with Crippen molar-refractivity contribution in [3.63, 3.8) is 0 Å². The molecule has 5 heteroatoms. The molecule has 0 aliphatic carbocycles. The van der Waals surface area contributed by atoms with E-state index in [1.807, 2.05) is 48.5 Å². The highest BCUT2D eigenvalue weighted by molar-refractivity contribution is 5.85. The lowest BCUT2D eigenvalue weighted by Crippen LogP contribution is -2.34. The summed E-state index contributed by atoms with van der Waals surface area (Å²) in [6.07, 6.45) is 2.27. The summed E-state index contributed by atoms with van der Waals surface area (Å²) >= 11 is 0. The van der Waals surface area contributed by atoms with Crippen LogP contribution in [0, 0.1) is 0 Å². The Morgan fingerprint density at radius 2 is 1.74 bits per heavy atom. The number of piperidine rings is 1. The number of halogens is 1. The number of hydrogen-bond acceptors (Lipinski definition) is 4. The number of nitrogens with two attached hydrogens (primary N) is 1. The molecular weight excluding hydrogens is 312 g/mol. The van der Waals surface area contributed by atoms with Gasteiger partial charge in [-0.15, -0.1) is 12.4 Å². The first kappa shape index (κ1) is 17.4. The van der Waals surface area contributed by atoms with Gasteiger partial charge in [0.2, 0.25) is 0 Å². The minimum atomic E-state index is 0. The van der Waals surface area contributed by atoms with Crippen LogP contribution in [0.4, 0.5) is 5.69 Å². The Kier molecular flexibility index (Phi) is 6.56. The molecule has 1 aliphatic heterocycles. The van der Waals surface area contributed by atoms with Gasteiger partial charge in [-0.05, 0) is 43.6 Å². The Balaban J connectivity index is 0.00000192. The van der Waals surface area contributed by atoms with E-state index in [-0.39, 0.29) is 18.5 Å². The minimum Gasteiger partial charge on any atom is -0.486 e. The monoisotopic (exact) mass is 334 g/mol. The van der Waals surface area contributed by atoms with Crippen LogP contribution in [0.1, 0.15) is 18.4 Å². The zero-order valence-electron chi connectivity index (χ0n) is 13.0. The molecule has 0 amide bonds. The molecular formula is C18H23ClN2O2. The molecule has 124 valence electrons. The molecule has 0 aromatic heterocycles. The van der Waals surface area contributed by atoms with Gasteiger partial charge in [0, 0.05) is 11.8 Å². The summed E-state index contributed by atoms with van der Waals surface area (Å²) in [4.78, 5) is 0. The highest BCUT2D eigenvalue weighted by Gasteiger charge is 2.17. The Labute approximate surface area is 143 Å². The molecule has 0 atom stereocenters. The van der Waals surface area contributed by atoms with E-state index in [0.717, 1.165) is 37.2 Å². The molecule has 1 aliphatic rings. The Morgan fingerprint density at radius 3 is 2.48 bits per heavy atom. The van der Waals surface area contributed by atoms with Gasteiger partial charge < -0.3 is 20.5 Å². The average Bonchev–Trinajstić information content (AvgIpc) is 2.57. The molecule has 0 saturated carbocycles. The van der Waals surface area contributed by atoms with Crippen molar-refractivity contribution in [3.05, 3.63) is 54.1 Å². The topological polar surface area (TPSA) is 56.5 Å². The molecule has 2 aromatic carbocycles. The van der Waals surface area contributed by atoms with Gasteiger partial charge >= 0.3 is 0 Å². The SMILES string of the molecule is Cl.Nc1ccc(OC2CCNCC2)c(OCc2ccccc2)c1. The number of rotatable bonds is 5. The van der Waals surface area contributed by atoms with Gasteiger partial charge in [0.25, 0.3) is 0 Å². The molecule has 1 saturated heterocycles. The van der Waals surface area contributed by atoms with Crippen LogP contribution < -0.4 is 20.5 Å². The third kappa shape index (κ3) is 5.05. The summed E-state index contributed by atoms with van der Waals surface area (Å²) in [6.45, 7) is 2.51. The Morgan fingerprint density at radius 1 is 1.00 bits per heavy atom. The first-order valence-corrected chi connectivity index (χ1v) is 7.75. The van der Waals surface area contributed by atoms with Gasteiger partial charge in [-0.3, -0.25) is 0 Å². The van der Waals surface area contributed by atoms with E-state index in [0.29, 0.717) is 18.0 Å². The first-order valence-electron chi connectivity index (χ1n) is 7.75. The molecule has 0 unspecified atom stereocenters. The maximum atomic E-state index is 6.11. The average molecular weight is 335 g/mol. The van der Waals surface area contributed by atoms with E-state index in [9.17, 15) is 0 Å². The Bertz CT molecular complexity index is 601. The molecule has 3 rings (SSSR count). The number of nitrogens with one attached hydrogen (secondary N) is 1. The molecule has 1 fully saturated rings.